The van der Waals surface area contributed by atoms with Crippen LogP contribution in [0.25, 0.3) is 0 Å². The van der Waals surface area contributed by atoms with E-state index in [1.807, 2.05) is 18.2 Å². The molecule has 1 heterocycles. The summed E-state index contributed by atoms with van der Waals surface area (Å²) >= 11 is -1.04. The number of hydroxylamine groups is 2. The quantitative estimate of drug-likeness (QED) is 0.365. The van der Waals surface area contributed by atoms with Crippen LogP contribution in [-0.2, 0) is 4.84 Å². The van der Waals surface area contributed by atoms with Gasteiger partial charge in [0.25, 0.3) is 0 Å². The van der Waals surface area contributed by atoms with Crippen LogP contribution in [0.15, 0.2) is 42.5 Å². The average molecular weight is 345 g/mol. The van der Waals surface area contributed by atoms with Crippen molar-refractivity contribution in [2.45, 2.75) is 4.05 Å². The topological polar surface area (TPSA) is 29.5 Å². The second-order valence-electron chi connectivity index (χ2n) is 3.96. The zero-order valence-corrected chi connectivity index (χ0v) is 12.1. The number of nitrogens with zero attached hydrogens (tertiary/aromatic N) is 1. The number of alkyl halides is 3. The molecule has 0 aromatic heterocycles. The second kappa shape index (κ2) is 5.64. The van der Waals surface area contributed by atoms with Crippen LogP contribution >= 0.6 is 19.8 Å². The first-order valence-corrected chi connectivity index (χ1v) is 10.9. The minimum atomic E-state index is -1.04. The van der Waals surface area contributed by atoms with Gasteiger partial charge in [0, 0.05) is 0 Å². The molecule has 1 aromatic carbocycles. The van der Waals surface area contributed by atoms with Gasteiger partial charge in [0.2, 0.25) is 0 Å². The molecule has 0 saturated heterocycles. The third kappa shape index (κ3) is 3.07. The molecule has 0 saturated carbocycles. The van der Waals surface area contributed by atoms with Gasteiger partial charge in [0.1, 0.15) is 0 Å². The summed E-state index contributed by atoms with van der Waals surface area (Å²) in [5, 5.41) is 1.81. The molecule has 0 amide bonds. The number of hydrogen-bond donors (Lipinski definition) is 0. The molecule has 0 aliphatic carbocycles. The molecule has 1 aliphatic rings. The summed E-state index contributed by atoms with van der Waals surface area (Å²) in [6, 6.07) is 9.12. The Morgan fingerprint density at radius 3 is 2.71 bits per heavy atom. The Bertz CT molecular complexity index is 417. The van der Waals surface area contributed by atoms with Crippen molar-refractivity contribution < 1.29 is 9.63 Å². The van der Waals surface area contributed by atoms with Crippen molar-refractivity contribution >= 4 is 25.8 Å². The molecule has 0 radical (unpaired) electrons. The van der Waals surface area contributed by atoms with Crippen molar-refractivity contribution in [3.63, 3.8) is 0 Å². The zero-order chi connectivity index (χ0) is 12.3. The Morgan fingerprint density at radius 2 is 2.06 bits per heavy atom. The monoisotopic (exact) mass is 345 g/mol. The first kappa shape index (κ1) is 12.6. The Kier molecular flexibility index (Phi) is 4.17. The standard InChI is InChI=1S/C13H16INO2/c1-14(2)12-9-6-10-15(12)17-13(16)11-7-4-3-5-8-11/h3-9,12H,10H2,1-2H3/t12-/m1/s1. The minimum absolute atomic E-state index is 0.267. The van der Waals surface area contributed by atoms with Gasteiger partial charge < -0.3 is 0 Å². The second-order valence-corrected chi connectivity index (χ2v) is 9.88. The summed E-state index contributed by atoms with van der Waals surface area (Å²) in [7, 11) is 0. The van der Waals surface area contributed by atoms with Crippen molar-refractivity contribution in [3.05, 3.63) is 48.0 Å². The van der Waals surface area contributed by atoms with E-state index in [1.165, 1.54) is 0 Å². The molecule has 2 rings (SSSR count). The first-order chi connectivity index (χ1) is 8.18. The maximum atomic E-state index is 11.9. The van der Waals surface area contributed by atoms with E-state index in [9.17, 15) is 4.79 Å². The number of benzene rings is 1. The van der Waals surface area contributed by atoms with E-state index < -0.39 is 19.8 Å². The van der Waals surface area contributed by atoms with Crippen LogP contribution in [0.1, 0.15) is 10.4 Å². The van der Waals surface area contributed by atoms with Crippen LogP contribution in [0.2, 0.25) is 0 Å². The van der Waals surface area contributed by atoms with Crippen molar-refractivity contribution in [2.75, 3.05) is 16.4 Å². The van der Waals surface area contributed by atoms with Crippen molar-refractivity contribution in [1.82, 2.24) is 5.06 Å². The van der Waals surface area contributed by atoms with Crippen LogP contribution in [0.4, 0.5) is 0 Å². The van der Waals surface area contributed by atoms with Gasteiger partial charge in [-0.25, -0.2) is 0 Å². The van der Waals surface area contributed by atoms with Gasteiger partial charge in [-0.2, -0.15) is 0 Å². The molecular weight excluding hydrogens is 329 g/mol. The first-order valence-electron chi connectivity index (χ1n) is 5.37. The third-order valence-electron chi connectivity index (χ3n) is 2.51. The molecular formula is C13H16INO2. The number of halogens is 1. The molecule has 3 nitrogen and oxygen atoms in total. The maximum absolute atomic E-state index is 11.9. The fourth-order valence-electron chi connectivity index (χ4n) is 1.66. The van der Waals surface area contributed by atoms with Crippen molar-refractivity contribution in [1.29, 1.82) is 0 Å². The Hall–Kier alpha value is -0.880. The number of rotatable bonds is 3. The fraction of sp³-hybridized carbons (Fsp3) is 0.308. The van der Waals surface area contributed by atoms with E-state index in [4.69, 9.17) is 4.84 Å². The summed E-state index contributed by atoms with van der Waals surface area (Å²) in [5.74, 6) is -0.267. The van der Waals surface area contributed by atoms with E-state index >= 15 is 0 Å². The van der Waals surface area contributed by atoms with Crippen LogP contribution in [-0.4, -0.2) is 31.5 Å². The molecule has 92 valence electrons. The SMILES string of the molecule is CI(C)[C@H]1C=CCN1OC(=O)c1ccccc1. The molecule has 1 aromatic rings. The summed E-state index contributed by atoms with van der Waals surface area (Å²) in [5.41, 5.74) is 0.603. The third-order valence-corrected chi connectivity index (χ3v) is 6.10. The summed E-state index contributed by atoms with van der Waals surface area (Å²) in [6.07, 6.45) is 4.23. The molecule has 4 heteroatoms. The molecule has 0 spiro atoms. The van der Waals surface area contributed by atoms with E-state index in [-0.39, 0.29) is 5.97 Å². The number of hydrogen-bond acceptors (Lipinski definition) is 3. The van der Waals surface area contributed by atoms with Crippen molar-refractivity contribution in [2.24, 2.45) is 0 Å². The molecule has 1 atom stereocenters. The molecule has 0 fully saturated rings. The predicted molar refractivity (Wildman–Crippen MR) is 77.4 cm³/mol. The van der Waals surface area contributed by atoms with Crippen LogP contribution in [0, 0.1) is 0 Å². The Morgan fingerprint density at radius 1 is 1.35 bits per heavy atom. The van der Waals surface area contributed by atoms with E-state index in [1.54, 1.807) is 17.2 Å². The van der Waals surface area contributed by atoms with Gasteiger partial charge in [-0.05, 0) is 0 Å². The normalized spacial score (nSPS) is 20.4. The molecule has 0 bridgehead atoms. The van der Waals surface area contributed by atoms with Crippen LogP contribution < -0.4 is 0 Å². The Labute approximate surface area is 109 Å². The number of carbonyl (C=O) groups is 1. The molecule has 0 N–H and O–H groups in total. The van der Waals surface area contributed by atoms with Gasteiger partial charge >= 0.3 is 109 Å². The van der Waals surface area contributed by atoms with Gasteiger partial charge in [0.05, 0.1) is 0 Å². The summed E-state index contributed by atoms with van der Waals surface area (Å²) in [4.78, 5) is 21.9. The molecule has 1 aliphatic heterocycles. The van der Waals surface area contributed by atoms with E-state index in [2.05, 4.69) is 22.0 Å². The van der Waals surface area contributed by atoms with E-state index in [0.29, 0.717) is 16.2 Å². The van der Waals surface area contributed by atoms with Gasteiger partial charge in [0.15, 0.2) is 0 Å². The van der Waals surface area contributed by atoms with Gasteiger partial charge in [-0.3, -0.25) is 0 Å². The van der Waals surface area contributed by atoms with Crippen LogP contribution in [0.5, 0.6) is 0 Å². The predicted octanol–water partition coefficient (Wildman–Crippen LogP) is 2.72. The average Bonchev–Trinajstić information content (AvgIpc) is 2.78. The molecule has 0 unspecified atom stereocenters. The fourth-order valence-corrected chi connectivity index (χ4v) is 4.37. The Balaban J connectivity index is 2.00. The summed E-state index contributed by atoms with van der Waals surface area (Å²) < 4.78 is 0.340. The van der Waals surface area contributed by atoms with Gasteiger partial charge in [-0.15, -0.1) is 0 Å². The molecule has 17 heavy (non-hydrogen) atoms. The number of carbonyl (C=O) groups excluding carboxylic acids is 1. The van der Waals surface area contributed by atoms with Crippen molar-refractivity contribution in [3.8, 4) is 0 Å². The summed E-state index contributed by atoms with van der Waals surface area (Å²) in [6.45, 7) is 0.707. The van der Waals surface area contributed by atoms with Crippen LogP contribution in [0.3, 0.4) is 0 Å². The van der Waals surface area contributed by atoms with Gasteiger partial charge in [-0.1, -0.05) is 0 Å². The van der Waals surface area contributed by atoms with E-state index in [0.717, 1.165) is 0 Å². The zero-order valence-electron chi connectivity index (χ0n) is 9.97.